The number of fused-ring (bicyclic) bond motifs is 8. The first-order chi connectivity index (χ1) is 26.2. The smallest absolute Gasteiger partial charge is 0.332 e. The van der Waals surface area contributed by atoms with Gasteiger partial charge in [-0.2, -0.15) is 0 Å². The van der Waals surface area contributed by atoms with Crippen LogP contribution in [0.5, 0.6) is 0 Å². The van der Waals surface area contributed by atoms with Crippen LogP contribution in [0.2, 0.25) is 0 Å². The standard InChI is InChI=1S/C50H43BN2/c1-3-5-15-34-23-27-42-43-30-24-37(16-6-4-2)49-50(43)52(46(42)31-34)45-22-14-13-21-44(45)51(49)53-47-32-38(35-17-9-7-10-18-35)25-28-40(47)41-29-26-39(33-48(41)53)36-19-11-8-12-20-36/h7-14,17-33H,3-6,15-16H2,1-2H3. The highest BCUT2D eigenvalue weighted by atomic mass is 15.0. The van der Waals surface area contributed by atoms with Crippen molar-refractivity contribution in [3.05, 3.63) is 163 Å². The Kier molecular flexibility index (Phi) is 7.83. The van der Waals surface area contributed by atoms with Gasteiger partial charge in [-0.25, -0.2) is 0 Å². The van der Waals surface area contributed by atoms with Crippen molar-refractivity contribution in [2.24, 2.45) is 0 Å². The van der Waals surface area contributed by atoms with E-state index < -0.39 is 0 Å². The van der Waals surface area contributed by atoms with E-state index in [4.69, 9.17) is 0 Å². The average Bonchev–Trinajstić information content (AvgIpc) is 3.72. The van der Waals surface area contributed by atoms with E-state index in [-0.39, 0.29) is 6.85 Å². The number of rotatable bonds is 9. The fraction of sp³-hybridized carbons (Fsp3) is 0.160. The van der Waals surface area contributed by atoms with Crippen LogP contribution in [0.25, 0.3) is 71.6 Å². The van der Waals surface area contributed by atoms with E-state index in [2.05, 4.69) is 175 Å². The van der Waals surface area contributed by atoms with Gasteiger partial charge in [-0.15, -0.1) is 0 Å². The molecular formula is C50H43BN2. The third-order valence-corrected chi connectivity index (χ3v) is 11.8. The Balaban J connectivity index is 1.35. The minimum atomic E-state index is -0.00447. The molecule has 0 N–H and O–H groups in total. The molecule has 53 heavy (non-hydrogen) atoms. The quantitative estimate of drug-likeness (QED) is 0.134. The van der Waals surface area contributed by atoms with Crippen molar-refractivity contribution in [3.8, 4) is 27.9 Å². The number of unbranched alkanes of at least 4 members (excludes halogenated alkanes) is 2. The summed E-state index contributed by atoms with van der Waals surface area (Å²) >= 11 is 0. The number of benzene rings is 7. The SMILES string of the molecule is CCCCc1ccc2c3ccc(CCCC)c4c3n(c2c1)-c1ccccc1B4n1c2cc(-c3ccccc3)ccc2c2ccc(-c3ccccc3)cc21. The number of para-hydroxylation sites is 1. The van der Waals surface area contributed by atoms with E-state index in [9.17, 15) is 0 Å². The summed E-state index contributed by atoms with van der Waals surface area (Å²) in [6.07, 6.45) is 6.91. The molecule has 3 heterocycles. The Morgan fingerprint density at radius 1 is 0.472 bits per heavy atom. The van der Waals surface area contributed by atoms with Crippen molar-refractivity contribution in [2.45, 2.75) is 52.4 Å². The highest BCUT2D eigenvalue weighted by Crippen LogP contribution is 2.39. The first-order valence-electron chi connectivity index (χ1n) is 19.6. The van der Waals surface area contributed by atoms with Gasteiger partial charge in [0.2, 0.25) is 0 Å². The van der Waals surface area contributed by atoms with Crippen LogP contribution in [0.1, 0.15) is 50.7 Å². The Labute approximate surface area is 312 Å². The van der Waals surface area contributed by atoms with Crippen LogP contribution in [0.4, 0.5) is 0 Å². The van der Waals surface area contributed by atoms with E-state index in [0.29, 0.717) is 0 Å². The van der Waals surface area contributed by atoms with Crippen LogP contribution in [-0.4, -0.2) is 15.9 Å². The molecule has 2 nitrogen and oxygen atoms in total. The lowest BCUT2D eigenvalue weighted by Crippen LogP contribution is -2.54. The zero-order valence-corrected chi connectivity index (χ0v) is 30.6. The number of nitrogens with zero attached hydrogens (tertiary/aromatic N) is 2. The van der Waals surface area contributed by atoms with Crippen LogP contribution < -0.4 is 10.9 Å². The average molecular weight is 683 g/mol. The number of hydrogen-bond donors (Lipinski definition) is 0. The van der Waals surface area contributed by atoms with Gasteiger partial charge < -0.3 is 9.05 Å². The summed E-state index contributed by atoms with van der Waals surface area (Å²) in [6, 6.07) is 57.3. The molecule has 1 aliphatic rings. The Hall–Kier alpha value is -5.80. The monoisotopic (exact) mass is 682 g/mol. The van der Waals surface area contributed by atoms with E-state index in [1.807, 2.05) is 0 Å². The lowest BCUT2D eigenvalue weighted by atomic mass is 9.47. The first kappa shape index (κ1) is 31.9. The number of hydrogen-bond acceptors (Lipinski definition) is 0. The van der Waals surface area contributed by atoms with Crippen molar-refractivity contribution in [3.63, 3.8) is 0 Å². The molecule has 0 bridgehead atoms. The Bertz CT molecular complexity index is 2710. The van der Waals surface area contributed by atoms with E-state index >= 15 is 0 Å². The van der Waals surface area contributed by atoms with Crippen LogP contribution in [-0.2, 0) is 12.8 Å². The lowest BCUT2D eigenvalue weighted by Gasteiger charge is -2.30. The summed E-state index contributed by atoms with van der Waals surface area (Å²) in [5.74, 6) is 0. The summed E-state index contributed by atoms with van der Waals surface area (Å²) in [5, 5.41) is 5.29. The Morgan fingerprint density at radius 2 is 1.04 bits per heavy atom. The molecule has 0 spiro atoms. The summed E-state index contributed by atoms with van der Waals surface area (Å²) in [5.41, 5.74) is 17.2. The van der Waals surface area contributed by atoms with Gasteiger partial charge in [-0.3, -0.25) is 0 Å². The highest BCUT2D eigenvalue weighted by Gasteiger charge is 2.37. The fourth-order valence-electron chi connectivity index (χ4n) is 9.19. The van der Waals surface area contributed by atoms with Crippen LogP contribution >= 0.6 is 0 Å². The second kappa shape index (κ2) is 13.0. The molecule has 0 saturated carbocycles. The predicted molar refractivity (Wildman–Crippen MR) is 229 cm³/mol. The van der Waals surface area contributed by atoms with E-state index in [0.717, 1.165) is 19.3 Å². The molecule has 3 heteroatoms. The normalized spacial score (nSPS) is 12.4. The number of aryl methyl sites for hydroxylation is 2. The lowest BCUT2D eigenvalue weighted by molar-refractivity contribution is 0.795. The van der Waals surface area contributed by atoms with Gasteiger partial charge in [-0.05, 0) is 94.3 Å². The third kappa shape index (κ3) is 5.09. The van der Waals surface area contributed by atoms with Gasteiger partial charge in [0.15, 0.2) is 0 Å². The molecular weight excluding hydrogens is 639 g/mol. The second-order valence-corrected chi connectivity index (χ2v) is 15.0. The van der Waals surface area contributed by atoms with E-state index in [1.54, 1.807) is 0 Å². The van der Waals surface area contributed by atoms with Crippen molar-refractivity contribution in [1.29, 1.82) is 0 Å². The first-order valence-corrected chi connectivity index (χ1v) is 19.6. The second-order valence-electron chi connectivity index (χ2n) is 15.0. The van der Waals surface area contributed by atoms with E-state index in [1.165, 1.54) is 113 Å². The summed E-state index contributed by atoms with van der Waals surface area (Å²) < 4.78 is 5.33. The maximum absolute atomic E-state index is 2.71. The molecule has 0 radical (unpaired) electrons. The van der Waals surface area contributed by atoms with Crippen molar-refractivity contribution < 1.29 is 0 Å². The van der Waals surface area contributed by atoms with Gasteiger partial charge in [0.25, 0.3) is 0 Å². The molecule has 0 atom stereocenters. The zero-order valence-electron chi connectivity index (χ0n) is 30.6. The molecule has 10 rings (SSSR count). The molecule has 2 aromatic heterocycles. The zero-order chi connectivity index (χ0) is 35.5. The maximum atomic E-state index is 2.71. The summed E-state index contributed by atoms with van der Waals surface area (Å²) in [4.78, 5) is 0. The summed E-state index contributed by atoms with van der Waals surface area (Å²) in [6.45, 7) is 4.60. The molecule has 0 unspecified atom stereocenters. The largest absolute Gasteiger partial charge is 0.376 e. The Morgan fingerprint density at radius 3 is 1.70 bits per heavy atom. The van der Waals surface area contributed by atoms with Gasteiger partial charge >= 0.3 is 6.85 Å². The van der Waals surface area contributed by atoms with Gasteiger partial charge in [0.05, 0.1) is 11.0 Å². The maximum Gasteiger partial charge on any atom is 0.332 e. The van der Waals surface area contributed by atoms with Crippen LogP contribution in [0.3, 0.4) is 0 Å². The molecule has 0 fully saturated rings. The summed E-state index contributed by atoms with van der Waals surface area (Å²) in [7, 11) is 0. The van der Waals surface area contributed by atoms with Gasteiger partial charge in [0, 0.05) is 38.3 Å². The van der Waals surface area contributed by atoms with Crippen LogP contribution in [0, 0.1) is 0 Å². The molecule has 256 valence electrons. The predicted octanol–water partition coefficient (Wildman–Crippen LogP) is 11.9. The minimum absolute atomic E-state index is 0.00447. The third-order valence-electron chi connectivity index (χ3n) is 11.8. The molecule has 9 aromatic rings. The van der Waals surface area contributed by atoms with Crippen molar-refractivity contribution >= 4 is 61.4 Å². The van der Waals surface area contributed by atoms with Crippen LogP contribution in [0.15, 0.2) is 152 Å². The number of aromatic nitrogens is 2. The molecule has 7 aromatic carbocycles. The minimum Gasteiger partial charge on any atom is -0.376 e. The fourth-order valence-corrected chi connectivity index (χ4v) is 9.19. The van der Waals surface area contributed by atoms with Gasteiger partial charge in [-0.1, -0.05) is 154 Å². The molecule has 0 amide bonds. The molecule has 1 aliphatic heterocycles. The molecule has 0 aliphatic carbocycles. The highest BCUT2D eigenvalue weighted by molar-refractivity contribution is 6.88. The molecule has 0 saturated heterocycles. The van der Waals surface area contributed by atoms with Crippen molar-refractivity contribution in [1.82, 2.24) is 9.05 Å². The van der Waals surface area contributed by atoms with Crippen molar-refractivity contribution in [2.75, 3.05) is 0 Å². The van der Waals surface area contributed by atoms with Gasteiger partial charge in [0.1, 0.15) is 0 Å². The topological polar surface area (TPSA) is 9.86 Å².